The quantitative estimate of drug-likeness (QED) is 0.762. The Morgan fingerprint density at radius 2 is 2.11 bits per heavy atom. The van der Waals surface area contributed by atoms with Gasteiger partial charge in [0.2, 0.25) is 5.91 Å². The number of hydrogen-bond acceptors (Lipinski definition) is 3. The molecular formula is C14H28N2O2. The number of ether oxygens (including phenoxy) is 1. The molecule has 0 spiro atoms. The van der Waals surface area contributed by atoms with Gasteiger partial charge in [-0.25, -0.2) is 0 Å². The van der Waals surface area contributed by atoms with Crippen molar-refractivity contribution in [1.29, 1.82) is 0 Å². The zero-order valence-corrected chi connectivity index (χ0v) is 12.4. The molecule has 0 aromatic heterocycles. The van der Waals surface area contributed by atoms with Gasteiger partial charge in [0.25, 0.3) is 0 Å². The van der Waals surface area contributed by atoms with Gasteiger partial charge in [0.15, 0.2) is 0 Å². The van der Waals surface area contributed by atoms with Crippen molar-refractivity contribution >= 4 is 5.91 Å². The second-order valence-electron chi connectivity index (χ2n) is 6.00. The minimum Gasteiger partial charge on any atom is -0.378 e. The number of carbonyl (C=O) groups excluding carboxylic acids is 1. The molecule has 0 saturated heterocycles. The first-order chi connectivity index (χ1) is 8.29. The largest absolute Gasteiger partial charge is 0.378 e. The Balaban J connectivity index is 2.63. The molecule has 3 N–H and O–H groups in total. The molecule has 1 amide bonds. The van der Waals surface area contributed by atoms with Crippen LogP contribution in [0.5, 0.6) is 0 Å². The number of nitrogens with one attached hydrogen (secondary N) is 1. The van der Waals surface area contributed by atoms with Crippen LogP contribution in [0, 0.1) is 5.41 Å². The molecule has 1 fully saturated rings. The lowest BCUT2D eigenvalue weighted by Crippen LogP contribution is -2.76. The van der Waals surface area contributed by atoms with Gasteiger partial charge in [-0.1, -0.05) is 27.2 Å². The number of rotatable bonds is 6. The van der Waals surface area contributed by atoms with Gasteiger partial charge in [-0.15, -0.1) is 0 Å². The Morgan fingerprint density at radius 3 is 2.56 bits per heavy atom. The normalized spacial score (nSPS) is 31.6. The minimum atomic E-state index is -0.797. The third-order valence-corrected chi connectivity index (χ3v) is 4.33. The van der Waals surface area contributed by atoms with Crippen LogP contribution in [-0.4, -0.2) is 30.2 Å². The predicted octanol–water partition coefficient (Wildman–Crippen LogP) is 1.82. The van der Waals surface area contributed by atoms with Crippen LogP contribution in [0.2, 0.25) is 0 Å². The Hall–Kier alpha value is -0.610. The van der Waals surface area contributed by atoms with Gasteiger partial charge in [-0.05, 0) is 20.3 Å². The van der Waals surface area contributed by atoms with E-state index in [0.717, 1.165) is 12.8 Å². The molecule has 4 nitrogen and oxygen atoms in total. The van der Waals surface area contributed by atoms with E-state index in [-0.39, 0.29) is 23.5 Å². The third-order valence-electron chi connectivity index (χ3n) is 4.33. The molecule has 3 unspecified atom stereocenters. The maximum absolute atomic E-state index is 12.3. The average Bonchev–Trinajstić information content (AvgIpc) is 2.28. The summed E-state index contributed by atoms with van der Waals surface area (Å²) in [6, 6.07) is 0.185. The summed E-state index contributed by atoms with van der Waals surface area (Å²) in [5, 5.41) is 3.02. The molecule has 1 rings (SSSR count). The van der Waals surface area contributed by atoms with Crippen molar-refractivity contribution in [1.82, 2.24) is 5.32 Å². The van der Waals surface area contributed by atoms with E-state index in [1.165, 1.54) is 0 Å². The smallest absolute Gasteiger partial charge is 0.241 e. The first kappa shape index (κ1) is 15.4. The summed E-state index contributed by atoms with van der Waals surface area (Å²) >= 11 is 0. The van der Waals surface area contributed by atoms with Crippen LogP contribution in [0.3, 0.4) is 0 Å². The van der Waals surface area contributed by atoms with Crippen molar-refractivity contribution in [2.75, 3.05) is 6.61 Å². The van der Waals surface area contributed by atoms with E-state index in [4.69, 9.17) is 10.5 Å². The van der Waals surface area contributed by atoms with Crippen molar-refractivity contribution in [3.05, 3.63) is 0 Å². The zero-order chi connectivity index (χ0) is 14.0. The second kappa shape index (κ2) is 5.57. The van der Waals surface area contributed by atoms with Crippen molar-refractivity contribution in [3.63, 3.8) is 0 Å². The van der Waals surface area contributed by atoms with Crippen LogP contribution in [0.1, 0.15) is 53.9 Å². The predicted molar refractivity (Wildman–Crippen MR) is 73.2 cm³/mol. The van der Waals surface area contributed by atoms with E-state index >= 15 is 0 Å². The molecule has 18 heavy (non-hydrogen) atoms. The zero-order valence-electron chi connectivity index (χ0n) is 12.4. The number of hydrogen-bond donors (Lipinski definition) is 2. The molecule has 0 aromatic carbocycles. The van der Waals surface area contributed by atoms with E-state index in [9.17, 15) is 4.79 Å². The summed E-state index contributed by atoms with van der Waals surface area (Å²) < 4.78 is 5.63. The lowest BCUT2D eigenvalue weighted by molar-refractivity contribution is -0.171. The molecule has 0 aromatic rings. The summed E-state index contributed by atoms with van der Waals surface area (Å²) in [5.41, 5.74) is 5.19. The lowest BCUT2D eigenvalue weighted by atomic mass is 9.54. The van der Waals surface area contributed by atoms with Crippen molar-refractivity contribution in [2.24, 2.45) is 11.1 Å². The van der Waals surface area contributed by atoms with Crippen LogP contribution in [0.15, 0.2) is 0 Å². The van der Waals surface area contributed by atoms with Gasteiger partial charge in [0.05, 0.1) is 6.10 Å². The number of amides is 1. The highest BCUT2D eigenvalue weighted by atomic mass is 16.5. The molecule has 0 heterocycles. The van der Waals surface area contributed by atoms with Gasteiger partial charge in [-0.2, -0.15) is 0 Å². The highest BCUT2D eigenvalue weighted by Gasteiger charge is 2.62. The minimum absolute atomic E-state index is 0.0376. The fourth-order valence-electron chi connectivity index (χ4n) is 2.68. The molecule has 4 heteroatoms. The van der Waals surface area contributed by atoms with Crippen LogP contribution in [0.4, 0.5) is 0 Å². The first-order valence-electron chi connectivity index (χ1n) is 7.01. The summed E-state index contributed by atoms with van der Waals surface area (Å²) in [5.74, 6) is -0.0376. The Labute approximate surface area is 111 Å². The molecule has 1 aliphatic carbocycles. The third kappa shape index (κ3) is 2.54. The van der Waals surface area contributed by atoms with Gasteiger partial charge in [0.1, 0.15) is 5.54 Å². The SMILES string of the molecule is CCCC(C)NC(=O)C1(N)CC(OCC)C1(C)C. The summed E-state index contributed by atoms with van der Waals surface area (Å²) in [6.07, 6.45) is 2.74. The van der Waals surface area contributed by atoms with Crippen LogP contribution < -0.4 is 11.1 Å². The average molecular weight is 256 g/mol. The number of carbonyl (C=O) groups is 1. The molecule has 1 saturated carbocycles. The van der Waals surface area contributed by atoms with Crippen molar-refractivity contribution < 1.29 is 9.53 Å². The van der Waals surface area contributed by atoms with E-state index in [1.54, 1.807) is 0 Å². The van der Waals surface area contributed by atoms with Crippen LogP contribution in [0.25, 0.3) is 0 Å². The second-order valence-corrected chi connectivity index (χ2v) is 6.00. The molecule has 1 aliphatic rings. The summed E-state index contributed by atoms with van der Waals surface area (Å²) in [7, 11) is 0. The van der Waals surface area contributed by atoms with Crippen LogP contribution >= 0.6 is 0 Å². The standard InChI is InChI=1S/C14H28N2O2/c1-6-8-10(3)16-12(17)14(15)9-11(18-7-2)13(14,4)5/h10-11H,6-9,15H2,1-5H3,(H,16,17). The first-order valence-corrected chi connectivity index (χ1v) is 7.01. The van der Waals surface area contributed by atoms with Gasteiger partial charge in [-0.3, -0.25) is 4.79 Å². The highest BCUT2D eigenvalue weighted by Crippen LogP contribution is 2.49. The van der Waals surface area contributed by atoms with Gasteiger partial charge < -0.3 is 15.8 Å². The maximum atomic E-state index is 12.3. The fourth-order valence-corrected chi connectivity index (χ4v) is 2.68. The molecule has 0 bridgehead atoms. The van der Waals surface area contributed by atoms with Crippen molar-refractivity contribution in [2.45, 2.75) is 71.6 Å². The van der Waals surface area contributed by atoms with E-state index in [0.29, 0.717) is 13.0 Å². The van der Waals surface area contributed by atoms with Gasteiger partial charge >= 0.3 is 0 Å². The molecule has 0 aliphatic heterocycles. The summed E-state index contributed by atoms with van der Waals surface area (Å²) in [6.45, 7) is 10.8. The molecular weight excluding hydrogens is 228 g/mol. The van der Waals surface area contributed by atoms with Crippen molar-refractivity contribution in [3.8, 4) is 0 Å². The molecule has 0 radical (unpaired) electrons. The topological polar surface area (TPSA) is 64.4 Å². The monoisotopic (exact) mass is 256 g/mol. The fraction of sp³-hybridized carbons (Fsp3) is 0.929. The molecule has 106 valence electrons. The maximum Gasteiger partial charge on any atom is 0.241 e. The van der Waals surface area contributed by atoms with Crippen LogP contribution in [-0.2, 0) is 9.53 Å². The van der Waals surface area contributed by atoms with Gasteiger partial charge in [0, 0.05) is 24.5 Å². The Morgan fingerprint density at radius 1 is 1.50 bits per heavy atom. The number of nitrogens with two attached hydrogens (primary N) is 1. The van der Waals surface area contributed by atoms with E-state index < -0.39 is 5.54 Å². The highest BCUT2D eigenvalue weighted by molar-refractivity contribution is 5.89. The summed E-state index contributed by atoms with van der Waals surface area (Å²) in [4.78, 5) is 12.3. The Bertz CT molecular complexity index is 304. The molecule has 3 atom stereocenters. The lowest BCUT2D eigenvalue weighted by Gasteiger charge is -2.57. The van der Waals surface area contributed by atoms with E-state index in [2.05, 4.69) is 12.2 Å². The van der Waals surface area contributed by atoms with E-state index in [1.807, 2.05) is 27.7 Å². The Kier molecular flexibility index (Phi) is 4.78.